The second-order valence-electron chi connectivity index (χ2n) is 3.13. The summed E-state index contributed by atoms with van der Waals surface area (Å²) in [6.07, 6.45) is 0. The van der Waals surface area contributed by atoms with E-state index in [0.717, 1.165) is 11.1 Å². The lowest BCUT2D eigenvalue weighted by molar-refractivity contribution is 0.0956. The third-order valence-corrected chi connectivity index (χ3v) is 2.38. The minimum atomic E-state index is -0.0427. The molecule has 0 radical (unpaired) electrons. The Bertz CT molecular complexity index is 336. The van der Waals surface area contributed by atoms with Gasteiger partial charge in [0.1, 0.15) is 0 Å². The predicted molar refractivity (Wildman–Crippen MR) is 58.7 cm³/mol. The van der Waals surface area contributed by atoms with Crippen molar-refractivity contribution in [3.63, 3.8) is 0 Å². The van der Waals surface area contributed by atoms with E-state index < -0.39 is 0 Å². The molecule has 0 heterocycles. The van der Waals surface area contributed by atoms with Crippen LogP contribution in [0.4, 0.5) is 0 Å². The lowest BCUT2D eigenvalue weighted by atomic mass is 10.1. The van der Waals surface area contributed by atoms with Gasteiger partial charge in [0.2, 0.25) is 0 Å². The van der Waals surface area contributed by atoms with Crippen LogP contribution < -0.4 is 5.32 Å². The van der Waals surface area contributed by atoms with Crippen molar-refractivity contribution in [2.75, 3.05) is 6.54 Å². The first-order valence-electron chi connectivity index (χ1n) is 4.62. The summed E-state index contributed by atoms with van der Waals surface area (Å²) in [6.45, 7) is 4.52. The molecule has 0 atom stereocenters. The van der Waals surface area contributed by atoms with Crippen LogP contribution in [0.15, 0.2) is 18.2 Å². The number of amides is 1. The minimum Gasteiger partial charge on any atom is -0.352 e. The van der Waals surface area contributed by atoms with Gasteiger partial charge in [0.25, 0.3) is 5.91 Å². The first kappa shape index (κ1) is 11.1. The maximum absolute atomic E-state index is 11.5. The van der Waals surface area contributed by atoms with Crippen molar-refractivity contribution < 1.29 is 4.79 Å². The van der Waals surface area contributed by atoms with Crippen molar-refractivity contribution >= 4 is 17.5 Å². The van der Waals surface area contributed by atoms with Crippen molar-refractivity contribution in [3.05, 3.63) is 34.9 Å². The van der Waals surface area contributed by atoms with Crippen molar-refractivity contribution in [3.8, 4) is 0 Å². The second kappa shape index (κ2) is 5.01. The molecule has 0 saturated carbocycles. The summed E-state index contributed by atoms with van der Waals surface area (Å²) < 4.78 is 0. The van der Waals surface area contributed by atoms with Gasteiger partial charge in [0.15, 0.2) is 0 Å². The molecule has 1 aromatic carbocycles. The molecule has 0 fully saturated rings. The maximum Gasteiger partial charge on any atom is 0.251 e. The molecule has 0 saturated heterocycles. The molecule has 0 spiro atoms. The summed E-state index contributed by atoms with van der Waals surface area (Å²) >= 11 is 5.75. The Morgan fingerprint density at radius 1 is 1.50 bits per heavy atom. The molecule has 3 heteroatoms. The van der Waals surface area contributed by atoms with Crippen molar-refractivity contribution in [1.29, 1.82) is 0 Å². The monoisotopic (exact) mass is 211 g/mol. The molecule has 0 aliphatic carbocycles. The maximum atomic E-state index is 11.5. The van der Waals surface area contributed by atoms with Gasteiger partial charge < -0.3 is 5.32 Å². The van der Waals surface area contributed by atoms with Gasteiger partial charge in [-0.05, 0) is 37.1 Å². The Morgan fingerprint density at radius 3 is 2.79 bits per heavy atom. The fourth-order valence-electron chi connectivity index (χ4n) is 1.22. The number of benzene rings is 1. The predicted octanol–water partition coefficient (Wildman–Crippen LogP) is 2.48. The van der Waals surface area contributed by atoms with Gasteiger partial charge in [-0.25, -0.2) is 0 Å². The van der Waals surface area contributed by atoms with Crippen LogP contribution in [0.25, 0.3) is 0 Å². The molecule has 1 aromatic rings. The zero-order chi connectivity index (χ0) is 10.6. The van der Waals surface area contributed by atoms with Crippen molar-refractivity contribution in [2.24, 2.45) is 0 Å². The first-order valence-corrected chi connectivity index (χ1v) is 5.16. The van der Waals surface area contributed by atoms with E-state index in [1.54, 1.807) is 0 Å². The summed E-state index contributed by atoms with van der Waals surface area (Å²) in [6, 6.07) is 5.58. The van der Waals surface area contributed by atoms with E-state index >= 15 is 0 Å². The van der Waals surface area contributed by atoms with E-state index in [9.17, 15) is 4.79 Å². The van der Waals surface area contributed by atoms with Crippen LogP contribution in [-0.4, -0.2) is 12.5 Å². The molecule has 14 heavy (non-hydrogen) atoms. The van der Waals surface area contributed by atoms with Gasteiger partial charge in [-0.3, -0.25) is 4.79 Å². The standard InChI is InChI=1S/C11H14ClNO/c1-3-13-11(14)9-5-4-8(2)10(6-9)7-12/h4-6H,3,7H2,1-2H3,(H,13,14). The summed E-state index contributed by atoms with van der Waals surface area (Å²) in [4.78, 5) is 11.5. The average molecular weight is 212 g/mol. The van der Waals surface area contributed by atoms with Crippen molar-refractivity contribution in [1.82, 2.24) is 5.32 Å². The first-order chi connectivity index (χ1) is 6.69. The van der Waals surface area contributed by atoms with Crippen LogP contribution in [0.2, 0.25) is 0 Å². The molecule has 0 bridgehead atoms. The Balaban J connectivity index is 2.94. The fraction of sp³-hybridized carbons (Fsp3) is 0.364. The molecule has 0 aliphatic rings. The molecular weight excluding hydrogens is 198 g/mol. The van der Waals surface area contributed by atoms with E-state index in [-0.39, 0.29) is 5.91 Å². The average Bonchev–Trinajstić information content (AvgIpc) is 2.19. The smallest absolute Gasteiger partial charge is 0.251 e. The molecule has 2 nitrogen and oxygen atoms in total. The van der Waals surface area contributed by atoms with E-state index in [4.69, 9.17) is 11.6 Å². The number of rotatable bonds is 3. The minimum absolute atomic E-state index is 0.0427. The number of carbonyl (C=O) groups excluding carboxylic acids is 1. The van der Waals surface area contributed by atoms with Crippen LogP contribution in [0, 0.1) is 6.92 Å². The van der Waals surface area contributed by atoms with E-state index in [2.05, 4.69) is 5.32 Å². The normalized spacial score (nSPS) is 9.93. The molecule has 0 aromatic heterocycles. The number of hydrogen-bond donors (Lipinski definition) is 1. The van der Waals surface area contributed by atoms with Crippen LogP contribution in [0.5, 0.6) is 0 Å². The number of halogens is 1. The largest absolute Gasteiger partial charge is 0.352 e. The summed E-state index contributed by atoms with van der Waals surface area (Å²) in [5, 5.41) is 2.75. The number of carbonyl (C=O) groups is 1. The lowest BCUT2D eigenvalue weighted by Gasteiger charge is -2.06. The van der Waals surface area contributed by atoms with Crippen LogP contribution in [0.1, 0.15) is 28.4 Å². The Hall–Kier alpha value is -1.02. The Morgan fingerprint density at radius 2 is 2.21 bits per heavy atom. The molecular formula is C11H14ClNO. The van der Waals surface area contributed by atoms with Gasteiger partial charge >= 0.3 is 0 Å². The van der Waals surface area contributed by atoms with Gasteiger partial charge in [-0.2, -0.15) is 0 Å². The van der Waals surface area contributed by atoms with E-state index in [1.165, 1.54) is 0 Å². The molecule has 1 rings (SSSR count). The number of aryl methyl sites for hydroxylation is 1. The highest BCUT2D eigenvalue weighted by molar-refractivity contribution is 6.17. The van der Waals surface area contributed by atoms with Crippen molar-refractivity contribution in [2.45, 2.75) is 19.7 Å². The third kappa shape index (κ3) is 2.48. The number of nitrogens with one attached hydrogen (secondary N) is 1. The molecule has 1 amide bonds. The Kier molecular flexibility index (Phi) is 3.96. The topological polar surface area (TPSA) is 29.1 Å². The highest BCUT2D eigenvalue weighted by Gasteiger charge is 2.05. The highest BCUT2D eigenvalue weighted by Crippen LogP contribution is 2.13. The van der Waals surface area contributed by atoms with Crippen LogP contribution in [-0.2, 0) is 5.88 Å². The number of alkyl halides is 1. The SMILES string of the molecule is CCNC(=O)c1ccc(C)c(CCl)c1. The quantitative estimate of drug-likeness (QED) is 0.765. The number of hydrogen-bond acceptors (Lipinski definition) is 1. The van der Waals surface area contributed by atoms with Crippen LogP contribution in [0.3, 0.4) is 0 Å². The molecule has 1 N–H and O–H groups in total. The van der Waals surface area contributed by atoms with Gasteiger partial charge in [0.05, 0.1) is 0 Å². The fourth-order valence-corrected chi connectivity index (χ4v) is 1.51. The second-order valence-corrected chi connectivity index (χ2v) is 3.40. The summed E-state index contributed by atoms with van der Waals surface area (Å²) in [7, 11) is 0. The van der Waals surface area contributed by atoms with Gasteiger partial charge in [-0.1, -0.05) is 6.07 Å². The van der Waals surface area contributed by atoms with Crippen LogP contribution >= 0.6 is 11.6 Å². The third-order valence-electron chi connectivity index (χ3n) is 2.09. The molecule has 0 unspecified atom stereocenters. The zero-order valence-electron chi connectivity index (χ0n) is 8.43. The molecule has 76 valence electrons. The summed E-state index contributed by atoms with van der Waals surface area (Å²) in [5.74, 6) is 0.401. The molecule has 0 aliphatic heterocycles. The lowest BCUT2D eigenvalue weighted by Crippen LogP contribution is -2.22. The van der Waals surface area contributed by atoms with Gasteiger partial charge in [0, 0.05) is 18.0 Å². The summed E-state index contributed by atoms with van der Waals surface area (Å²) in [5.41, 5.74) is 2.80. The highest BCUT2D eigenvalue weighted by atomic mass is 35.5. The van der Waals surface area contributed by atoms with E-state index in [0.29, 0.717) is 18.0 Å². The van der Waals surface area contributed by atoms with Gasteiger partial charge in [-0.15, -0.1) is 11.6 Å². The zero-order valence-corrected chi connectivity index (χ0v) is 9.19. The van der Waals surface area contributed by atoms with E-state index in [1.807, 2.05) is 32.0 Å². The Labute approximate surface area is 89.3 Å².